The van der Waals surface area contributed by atoms with Gasteiger partial charge in [0.2, 0.25) is 6.08 Å². The van der Waals surface area contributed by atoms with E-state index in [4.69, 9.17) is 5.11 Å². The summed E-state index contributed by atoms with van der Waals surface area (Å²) >= 11 is 0. The first-order chi connectivity index (χ1) is 4.77. The third-order valence-corrected chi connectivity index (χ3v) is 0.975. The van der Waals surface area contributed by atoms with Crippen LogP contribution in [0.3, 0.4) is 0 Å². The highest BCUT2D eigenvalue weighted by atomic mass is 79.9. The van der Waals surface area contributed by atoms with Gasteiger partial charge in [-0.25, -0.2) is 9.79 Å². The van der Waals surface area contributed by atoms with Crippen molar-refractivity contribution in [2.24, 2.45) is 4.99 Å². The molecule has 64 valence electrons. The lowest BCUT2D eigenvalue weighted by Crippen LogP contribution is -1.94. The molecular formula is C6H10BrNO3. The molecule has 0 aromatic carbocycles. The highest BCUT2D eigenvalue weighted by Crippen LogP contribution is 1.94. The molecule has 0 aromatic heterocycles. The molecule has 0 unspecified atom stereocenters. The topological polar surface area (TPSA) is 66.7 Å². The van der Waals surface area contributed by atoms with Crippen LogP contribution in [0.15, 0.2) is 4.99 Å². The van der Waals surface area contributed by atoms with Gasteiger partial charge in [-0.1, -0.05) is 0 Å². The minimum atomic E-state index is -0.810. The molecule has 0 aliphatic carbocycles. The van der Waals surface area contributed by atoms with Gasteiger partial charge in [-0.3, -0.25) is 4.79 Å². The van der Waals surface area contributed by atoms with E-state index in [1.807, 2.05) is 0 Å². The fourth-order valence-electron chi connectivity index (χ4n) is 0.513. The fourth-order valence-corrected chi connectivity index (χ4v) is 0.513. The summed E-state index contributed by atoms with van der Waals surface area (Å²) in [6.07, 6.45) is 2.74. The summed E-state index contributed by atoms with van der Waals surface area (Å²) in [6.45, 7) is 0.386. The van der Waals surface area contributed by atoms with Crippen molar-refractivity contribution in [3.8, 4) is 0 Å². The highest BCUT2D eigenvalue weighted by Gasteiger charge is 1.94. The number of hydrogen-bond donors (Lipinski definition) is 1. The molecule has 0 rings (SSSR count). The van der Waals surface area contributed by atoms with Gasteiger partial charge in [0.05, 0.1) is 6.54 Å². The molecule has 0 amide bonds. The van der Waals surface area contributed by atoms with Crippen LogP contribution in [0.5, 0.6) is 0 Å². The van der Waals surface area contributed by atoms with Crippen LogP contribution < -0.4 is 0 Å². The number of hydrogen-bond acceptors (Lipinski definition) is 3. The van der Waals surface area contributed by atoms with Crippen molar-refractivity contribution >= 4 is 29.0 Å². The average Bonchev–Trinajstić information content (AvgIpc) is 1.87. The van der Waals surface area contributed by atoms with E-state index in [1.165, 1.54) is 6.08 Å². The molecule has 0 spiro atoms. The molecule has 11 heavy (non-hydrogen) atoms. The van der Waals surface area contributed by atoms with Gasteiger partial charge in [-0.2, -0.15) is 0 Å². The van der Waals surface area contributed by atoms with Crippen LogP contribution in [0, 0.1) is 0 Å². The van der Waals surface area contributed by atoms with E-state index >= 15 is 0 Å². The summed E-state index contributed by atoms with van der Waals surface area (Å²) in [5, 5.41) is 8.16. The zero-order chi connectivity index (χ0) is 7.82. The van der Waals surface area contributed by atoms with E-state index in [1.54, 1.807) is 0 Å². The summed E-state index contributed by atoms with van der Waals surface area (Å²) in [4.78, 5) is 22.7. The van der Waals surface area contributed by atoms with Crippen molar-refractivity contribution in [2.75, 3.05) is 6.54 Å². The molecule has 0 saturated carbocycles. The van der Waals surface area contributed by atoms with Crippen LogP contribution >= 0.6 is 17.0 Å². The molecule has 0 bridgehead atoms. The van der Waals surface area contributed by atoms with E-state index < -0.39 is 5.97 Å². The Bertz CT molecular complexity index is 150. The molecule has 0 saturated heterocycles. The average molecular weight is 224 g/mol. The number of carbonyl (C=O) groups is 1. The minimum Gasteiger partial charge on any atom is -0.481 e. The van der Waals surface area contributed by atoms with Crippen molar-refractivity contribution in [3.63, 3.8) is 0 Å². The van der Waals surface area contributed by atoms with Gasteiger partial charge in [0.15, 0.2) is 0 Å². The van der Waals surface area contributed by atoms with Crippen molar-refractivity contribution < 1.29 is 14.7 Å². The lowest BCUT2D eigenvalue weighted by molar-refractivity contribution is -0.137. The fraction of sp³-hybridized carbons (Fsp3) is 0.667. The smallest absolute Gasteiger partial charge is 0.303 e. The van der Waals surface area contributed by atoms with Crippen molar-refractivity contribution in [3.05, 3.63) is 0 Å². The highest BCUT2D eigenvalue weighted by molar-refractivity contribution is 8.93. The van der Waals surface area contributed by atoms with Gasteiger partial charge in [0, 0.05) is 6.42 Å². The van der Waals surface area contributed by atoms with E-state index in [0.29, 0.717) is 19.4 Å². The molecule has 1 N–H and O–H groups in total. The van der Waals surface area contributed by atoms with Crippen LogP contribution in [0.2, 0.25) is 0 Å². The SMILES string of the molecule is Br.O=C=NCCCCC(=O)O. The number of isocyanates is 1. The molecule has 5 heteroatoms. The summed E-state index contributed by atoms with van der Waals surface area (Å²) in [5.41, 5.74) is 0. The zero-order valence-corrected chi connectivity index (χ0v) is 7.66. The second kappa shape index (κ2) is 9.33. The number of halogens is 1. The lowest BCUT2D eigenvalue weighted by Gasteiger charge is -1.89. The van der Waals surface area contributed by atoms with Gasteiger partial charge in [0.25, 0.3) is 0 Å². The van der Waals surface area contributed by atoms with Crippen LogP contribution in [-0.2, 0) is 9.59 Å². The van der Waals surface area contributed by atoms with E-state index in [2.05, 4.69) is 4.99 Å². The first-order valence-corrected chi connectivity index (χ1v) is 3.03. The van der Waals surface area contributed by atoms with Crippen molar-refractivity contribution in [1.29, 1.82) is 0 Å². The van der Waals surface area contributed by atoms with Crippen molar-refractivity contribution in [1.82, 2.24) is 0 Å². The van der Waals surface area contributed by atoms with Crippen LogP contribution in [0.25, 0.3) is 0 Å². The molecule has 0 aliphatic rings. The van der Waals surface area contributed by atoms with Crippen LogP contribution in [-0.4, -0.2) is 23.7 Å². The van der Waals surface area contributed by atoms with Crippen molar-refractivity contribution in [2.45, 2.75) is 19.3 Å². The molecule has 4 nitrogen and oxygen atoms in total. The standard InChI is InChI=1S/C6H9NO3.BrH/c8-5-7-4-2-1-3-6(9)10;/h1-4H2,(H,9,10);1H. The van der Waals surface area contributed by atoms with Gasteiger partial charge >= 0.3 is 5.97 Å². The maximum Gasteiger partial charge on any atom is 0.303 e. The second-order valence-corrected chi connectivity index (χ2v) is 1.82. The third-order valence-electron chi connectivity index (χ3n) is 0.975. The predicted molar refractivity (Wildman–Crippen MR) is 44.8 cm³/mol. The zero-order valence-electron chi connectivity index (χ0n) is 5.95. The van der Waals surface area contributed by atoms with E-state index in [9.17, 15) is 9.59 Å². The number of carbonyl (C=O) groups excluding carboxylic acids is 1. The maximum absolute atomic E-state index is 9.92. The quantitative estimate of drug-likeness (QED) is 0.432. The number of carboxylic acids is 1. The van der Waals surface area contributed by atoms with Crippen LogP contribution in [0.1, 0.15) is 19.3 Å². The van der Waals surface area contributed by atoms with Gasteiger partial charge < -0.3 is 5.11 Å². The summed E-state index contributed by atoms with van der Waals surface area (Å²) in [7, 11) is 0. The number of nitrogens with zero attached hydrogens (tertiary/aromatic N) is 1. The Morgan fingerprint density at radius 2 is 2.09 bits per heavy atom. The van der Waals surface area contributed by atoms with Crippen LogP contribution in [0.4, 0.5) is 0 Å². The Morgan fingerprint density at radius 1 is 1.45 bits per heavy atom. The first kappa shape index (κ1) is 13.0. The third kappa shape index (κ3) is 12.5. The van der Waals surface area contributed by atoms with Gasteiger partial charge in [-0.15, -0.1) is 17.0 Å². The Labute approximate surface area is 75.1 Å². The molecular weight excluding hydrogens is 214 g/mol. The second-order valence-electron chi connectivity index (χ2n) is 1.82. The number of carboxylic acid groups (broad SMARTS) is 1. The van der Waals surface area contributed by atoms with Gasteiger partial charge in [0.1, 0.15) is 0 Å². The molecule has 0 aliphatic heterocycles. The number of rotatable bonds is 5. The Morgan fingerprint density at radius 3 is 2.55 bits per heavy atom. The van der Waals surface area contributed by atoms with Gasteiger partial charge in [-0.05, 0) is 12.8 Å². The number of unbranched alkanes of at least 4 members (excludes halogenated alkanes) is 1. The number of aliphatic imine (C=N–C) groups is 1. The molecule has 0 fully saturated rings. The number of aliphatic carboxylic acids is 1. The Hall–Kier alpha value is -0.670. The Kier molecular flexibility index (Phi) is 11.0. The monoisotopic (exact) mass is 223 g/mol. The Balaban J connectivity index is 0. The molecule has 0 heterocycles. The first-order valence-electron chi connectivity index (χ1n) is 3.03. The van der Waals surface area contributed by atoms with E-state index in [-0.39, 0.29) is 23.4 Å². The predicted octanol–water partition coefficient (Wildman–Crippen LogP) is 1.16. The lowest BCUT2D eigenvalue weighted by atomic mass is 10.2. The molecule has 0 radical (unpaired) electrons. The molecule has 0 aromatic rings. The summed E-state index contributed by atoms with van der Waals surface area (Å²) < 4.78 is 0. The summed E-state index contributed by atoms with van der Waals surface area (Å²) in [6, 6.07) is 0. The summed E-state index contributed by atoms with van der Waals surface area (Å²) in [5.74, 6) is -0.810. The molecule has 0 atom stereocenters. The maximum atomic E-state index is 9.92. The largest absolute Gasteiger partial charge is 0.481 e. The normalized spacial score (nSPS) is 7.64. The minimum absolute atomic E-state index is 0. The van der Waals surface area contributed by atoms with E-state index in [0.717, 1.165) is 0 Å².